The maximum Gasteiger partial charge on any atom is 0.251 e. The number of hydrogen-bond acceptors (Lipinski definition) is 4. The Hall–Kier alpha value is -1.92. The normalized spacial score (nSPS) is 14.7. The van der Waals surface area contributed by atoms with Gasteiger partial charge in [-0.25, -0.2) is 0 Å². The Balaban J connectivity index is 1.74. The lowest BCUT2D eigenvalue weighted by Gasteiger charge is -2.26. The van der Waals surface area contributed by atoms with Crippen LogP contribution in [0.25, 0.3) is 0 Å². The quantitative estimate of drug-likeness (QED) is 0.701. The van der Waals surface area contributed by atoms with Gasteiger partial charge in [0.2, 0.25) is 5.91 Å². The number of hydrogen-bond donors (Lipinski definition) is 1. The molecule has 0 aliphatic carbocycles. The summed E-state index contributed by atoms with van der Waals surface area (Å²) in [5.41, 5.74) is 1.46. The molecule has 1 aliphatic rings. The lowest BCUT2D eigenvalue weighted by Crippen LogP contribution is -2.35. The largest absolute Gasteiger partial charge is 0.382 e. The third kappa shape index (κ3) is 5.62. The Morgan fingerprint density at radius 1 is 1.17 bits per heavy atom. The van der Waals surface area contributed by atoms with Gasteiger partial charge in [-0.15, -0.1) is 0 Å². The molecule has 1 N–H and O–H groups in total. The Kier molecular flexibility index (Phi) is 7.71. The summed E-state index contributed by atoms with van der Waals surface area (Å²) in [6, 6.07) is 7.21. The van der Waals surface area contributed by atoms with Crippen molar-refractivity contribution in [2.75, 3.05) is 44.9 Å². The fourth-order valence-electron chi connectivity index (χ4n) is 2.59. The van der Waals surface area contributed by atoms with Crippen LogP contribution in [0.5, 0.6) is 0 Å². The van der Waals surface area contributed by atoms with Crippen molar-refractivity contribution in [1.29, 1.82) is 0 Å². The molecule has 0 bridgehead atoms. The number of piperidine rings is 1. The highest BCUT2D eigenvalue weighted by Gasteiger charge is 2.19. The summed E-state index contributed by atoms with van der Waals surface area (Å²) < 4.78 is 10.2. The first-order valence-corrected chi connectivity index (χ1v) is 8.47. The van der Waals surface area contributed by atoms with Gasteiger partial charge in [-0.1, -0.05) is 0 Å². The molecule has 24 heavy (non-hydrogen) atoms. The van der Waals surface area contributed by atoms with Crippen molar-refractivity contribution < 1.29 is 19.1 Å². The molecule has 1 aromatic rings. The number of methoxy groups -OCH3 is 1. The average molecular weight is 334 g/mol. The Morgan fingerprint density at radius 3 is 2.67 bits per heavy atom. The molecule has 0 unspecified atom stereocenters. The van der Waals surface area contributed by atoms with E-state index in [0.29, 0.717) is 38.3 Å². The number of anilines is 1. The summed E-state index contributed by atoms with van der Waals surface area (Å²) in [4.78, 5) is 25.8. The highest BCUT2D eigenvalue weighted by atomic mass is 16.5. The molecule has 2 amide bonds. The van der Waals surface area contributed by atoms with Gasteiger partial charge in [-0.3, -0.25) is 9.59 Å². The highest BCUT2D eigenvalue weighted by molar-refractivity contribution is 5.96. The molecule has 2 rings (SSSR count). The predicted molar refractivity (Wildman–Crippen MR) is 92.3 cm³/mol. The van der Waals surface area contributed by atoms with Crippen LogP contribution in [-0.2, 0) is 14.3 Å². The van der Waals surface area contributed by atoms with Crippen molar-refractivity contribution in [3.63, 3.8) is 0 Å². The Bertz CT molecular complexity index is 530. The van der Waals surface area contributed by atoms with Crippen molar-refractivity contribution in [3.8, 4) is 0 Å². The fourth-order valence-corrected chi connectivity index (χ4v) is 2.59. The van der Waals surface area contributed by atoms with Gasteiger partial charge in [-0.05, 0) is 43.5 Å². The minimum atomic E-state index is -0.108. The average Bonchev–Trinajstić information content (AvgIpc) is 2.61. The van der Waals surface area contributed by atoms with Crippen LogP contribution in [-0.4, -0.2) is 51.8 Å². The Morgan fingerprint density at radius 2 is 1.96 bits per heavy atom. The summed E-state index contributed by atoms with van der Waals surface area (Å²) in [6.45, 7) is 3.07. The molecule has 0 aromatic heterocycles. The van der Waals surface area contributed by atoms with Crippen LogP contribution >= 0.6 is 0 Å². The smallest absolute Gasteiger partial charge is 0.251 e. The van der Waals surface area contributed by atoms with E-state index in [1.807, 2.05) is 12.1 Å². The number of nitrogens with zero attached hydrogens (tertiary/aromatic N) is 1. The summed E-state index contributed by atoms with van der Waals surface area (Å²) in [5.74, 6) is 0.0512. The molecule has 132 valence electrons. The predicted octanol–water partition coefficient (Wildman–Crippen LogP) is 1.99. The van der Waals surface area contributed by atoms with E-state index in [-0.39, 0.29) is 11.8 Å². The van der Waals surface area contributed by atoms with Gasteiger partial charge in [0.05, 0.1) is 13.2 Å². The van der Waals surface area contributed by atoms with Gasteiger partial charge in [0.1, 0.15) is 0 Å². The van der Waals surface area contributed by atoms with Crippen molar-refractivity contribution in [2.24, 2.45) is 0 Å². The summed E-state index contributed by atoms with van der Waals surface area (Å²) in [5, 5.41) is 2.87. The second-order valence-electron chi connectivity index (χ2n) is 5.76. The van der Waals surface area contributed by atoms with Crippen LogP contribution in [0.2, 0.25) is 0 Å². The number of carbonyl (C=O) groups is 2. The number of nitrogens with one attached hydrogen (secondary N) is 1. The van der Waals surface area contributed by atoms with Gasteiger partial charge in [0.25, 0.3) is 5.91 Å². The minimum Gasteiger partial charge on any atom is -0.382 e. The zero-order valence-electron chi connectivity index (χ0n) is 14.3. The third-order valence-electron chi connectivity index (χ3n) is 3.95. The molecule has 1 aliphatic heterocycles. The molecule has 1 fully saturated rings. The second kappa shape index (κ2) is 10.1. The first kappa shape index (κ1) is 18.4. The van der Waals surface area contributed by atoms with Crippen LogP contribution in [0.15, 0.2) is 24.3 Å². The van der Waals surface area contributed by atoms with Gasteiger partial charge in [-0.2, -0.15) is 0 Å². The van der Waals surface area contributed by atoms with Crippen molar-refractivity contribution in [1.82, 2.24) is 5.32 Å². The minimum absolute atomic E-state index is 0.108. The molecule has 0 atom stereocenters. The standard InChI is InChI=1S/C18H26N2O4/c1-23-13-14-24-12-4-10-19-18(22)15-6-8-16(9-7-15)20-11-3-2-5-17(20)21/h6-9H,2-5,10-14H2,1H3,(H,19,22). The monoisotopic (exact) mass is 334 g/mol. The molecule has 0 spiro atoms. The molecular formula is C18H26N2O4. The van der Waals surface area contributed by atoms with Crippen LogP contribution in [0.4, 0.5) is 5.69 Å². The zero-order valence-corrected chi connectivity index (χ0v) is 14.3. The molecule has 1 aromatic carbocycles. The Labute approximate surface area is 143 Å². The van der Waals surface area contributed by atoms with Crippen molar-refractivity contribution in [2.45, 2.75) is 25.7 Å². The topological polar surface area (TPSA) is 67.9 Å². The molecule has 1 saturated heterocycles. The van der Waals surface area contributed by atoms with E-state index < -0.39 is 0 Å². The summed E-state index contributed by atoms with van der Waals surface area (Å²) in [7, 11) is 1.63. The number of rotatable bonds is 9. The summed E-state index contributed by atoms with van der Waals surface area (Å²) >= 11 is 0. The molecule has 6 nitrogen and oxygen atoms in total. The molecule has 0 radical (unpaired) electrons. The van der Waals surface area contributed by atoms with Crippen LogP contribution in [0.1, 0.15) is 36.0 Å². The van der Waals surface area contributed by atoms with E-state index in [0.717, 1.165) is 31.5 Å². The van der Waals surface area contributed by atoms with E-state index in [9.17, 15) is 9.59 Å². The number of ether oxygens (including phenoxy) is 2. The van der Waals surface area contributed by atoms with Crippen molar-refractivity contribution in [3.05, 3.63) is 29.8 Å². The lowest BCUT2D eigenvalue weighted by molar-refractivity contribution is -0.119. The van der Waals surface area contributed by atoms with Gasteiger partial charge in [0, 0.05) is 44.5 Å². The molecular weight excluding hydrogens is 308 g/mol. The van der Waals surface area contributed by atoms with Crippen LogP contribution < -0.4 is 10.2 Å². The molecule has 1 heterocycles. The van der Waals surface area contributed by atoms with Crippen LogP contribution in [0.3, 0.4) is 0 Å². The number of benzene rings is 1. The first-order valence-electron chi connectivity index (χ1n) is 8.47. The maximum atomic E-state index is 12.1. The first-order chi connectivity index (χ1) is 11.7. The molecule has 6 heteroatoms. The van der Waals surface area contributed by atoms with E-state index >= 15 is 0 Å². The van der Waals surface area contributed by atoms with Gasteiger partial charge >= 0.3 is 0 Å². The zero-order chi connectivity index (χ0) is 17.2. The summed E-state index contributed by atoms with van der Waals surface area (Å²) in [6.07, 6.45) is 3.36. The van der Waals surface area contributed by atoms with Gasteiger partial charge < -0.3 is 19.7 Å². The van der Waals surface area contributed by atoms with Gasteiger partial charge in [0.15, 0.2) is 0 Å². The van der Waals surface area contributed by atoms with Crippen LogP contribution in [0, 0.1) is 0 Å². The molecule has 0 saturated carbocycles. The SMILES string of the molecule is COCCOCCCNC(=O)c1ccc(N2CCCCC2=O)cc1. The number of carbonyl (C=O) groups excluding carboxylic acids is 2. The van der Waals surface area contributed by atoms with E-state index in [2.05, 4.69) is 5.32 Å². The highest BCUT2D eigenvalue weighted by Crippen LogP contribution is 2.21. The van der Waals surface area contributed by atoms with E-state index in [4.69, 9.17) is 9.47 Å². The van der Waals surface area contributed by atoms with E-state index in [1.165, 1.54) is 0 Å². The van der Waals surface area contributed by atoms with Crippen molar-refractivity contribution >= 4 is 17.5 Å². The lowest BCUT2D eigenvalue weighted by atomic mass is 10.1. The maximum absolute atomic E-state index is 12.1. The number of amides is 2. The van der Waals surface area contributed by atoms with E-state index in [1.54, 1.807) is 24.1 Å². The second-order valence-corrected chi connectivity index (χ2v) is 5.76. The fraction of sp³-hybridized carbons (Fsp3) is 0.556. The third-order valence-corrected chi connectivity index (χ3v) is 3.95.